The van der Waals surface area contributed by atoms with E-state index >= 15 is 0 Å². The van der Waals surface area contributed by atoms with Gasteiger partial charge in [-0.05, 0) is 72.9 Å². The molecule has 0 aliphatic carbocycles. The van der Waals surface area contributed by atoms with Crippen LogP contribution in [0.1, 0.15) is 53.4 Å². The summed E-state index contributed by atoms with van der Waals surface area (Å²) < 4.78 is 26.5. The highest BCUT2D eigenvalue weighted by Gasteiger charge is 2.25. The molecule has 2 atom stereocenters. The molecule has 0 bridgehead atoms. The average Bonchev–Trinajstić information content (AvgIpc) is 2.83. The van der Waals surface area contributed by atoms with Crippen LogP contribution in [0.25, 0.3) is 0 Å². The van der Waals surface area contributed by atoms with Gasteiger partial charge in [0.1, 0.15) is 0 Å². The molecule has 0 radical (unpaired) electrons. The molecule has 0 saturated carbocycles. The number of aromatic carboxylic acids is 1. The Kier molecular flexibility index (Phi) is 10.9. The third-order valence-electron chi connectivity index (χ3n) is 5.77. The first kappa shape index (κ1) is 29.8. The number of aliphatic hydroxyl groups excluding tert-OH is 1. The van der Waals surface area contributed by atoms with Crippen LogP contribution in [0.5, 0.6) is 0 Å². The van der Waals surface area contributed by atoms with Crippen LogP contribution in [0, 0.1) is 0 Å². The maximum Gasteiger partial charge on any atom is 0.337 e. The first-order chi connectivity index (χ1) is 16.6. The second kappa shape index (κ2) is 13.2. The van der Waals surface area contributed by atoms with Crippen LogP contribution in [0.4, 0.5) is 0 Å². The van der Waals surface area contributed by atoms with Gasteiger partial charge in [0, 0.05) is 17.6 Å². The second-order valence-corrected chi connectivity index (χ2v) is 11.0. The largest absolute Gasteiger partial charge is 0.478 e. The smallest absolute Gasteiger partial charge is 0.337 e. The highest BCUT2D eigenvalue weighted by Crippen LogP contribution is 2.27. The molecule has 0 unspecified atom stereocenters. The minimum absolute atomic E-state index is 0. The van der Waals surface area contributed by atoms with E-state index in [1.165, 1.54) is 24.3 Å². The topological polar surface area (TPSA) is 104 Å². The Balaban J connectivity index is 0.00000456. The molecule has 9 heteroatoms. The van der Waals surface area contributed by atoms with Gasteiger partial charge >= 0.3 is 5.97 Å². The van der Waals surface area contributed by atoms with Crippen molar-refractivity contribution in [1.82, 2.24) is 5.32 Å². The van der Waals surface area contributed by atoms with Gasteiger partial charge < -0.3 is 15.5 Å². The summed E-state index contributed by atoms with van der Waals surface area (Å²) in [6.07, 6.45) is 1.41. The molecular formula is C27H31Cl2NO5S. The van der Waals surface area contributed by atoms with E-state index in [1.807, 2.05) is 19.9 Å². The molecule has 0 heterocycles. The van der Waals surface area contributed by atoms with Gasteiger partial charge in [0.2, 0.25) is 9.84 Å². The van der Waals surface area contributed by atoms with Gasteiger partial charge in [-0.1, -0.05) is 55.3 Å². The first-order valence-electron chi connectivity index (χ1n) is 11.5. The predicted molar refractivity (Wildman–Crippen MR) is 144 cm³/mol. The van der Waals surface area contributed by atoms with E-state index in [-0.39, 0.29) is 33.8 Å². The number of nitrogens with one attached hydrogen (secondary N) is 1. The number of carbonyl (C=O) groups is 1. The quantitative estimate of drug-likeness (QED) is 0.290. The summed E-state index contributed by atoms with van der Waals surface area (Å²) in [5, 5.41) is 23.7. The molecule has 194 valence electrons. The van der Waals surface area contributed by atoms with Crippen molar-refractivity contribution in [2.45, 2.75) is 55.0 Å². The number of benzene rings is 3. The number of aliphatic hydroxyl groups is 1. The lowest BCUT2D eigenvalue weighted by Gasteiger charge is -2.18. The monoisotopic (exact) mass is 551 g/mol. The molecule has 0 aliphatic rings. The number of sulfone groups is 1. The summed E-state index contributed by atoms with van der Waals surface area (Å²) in [6, 6.07) is 18.1. The molecule has 0 amide bonds. The molecule has 0 saturated heterocycles. The number of halogens is 2. The standard InChI is InChI=1S/C27H30ClNO5S.ClH/c1-3-5-19-10-13-24(27(31)32)26(15-19)35(33,34)23-11-8-20(9-12-23)14-18(2)29-17-25(30)21-6-4-7-22(28)16-21;/h4,6-13,15-16,18,25,29-30H,3,5,14,17H2,1-2H3,(H,31,32);1H/t18-,25+;/m1./s1. The van der Waals surface area contributed by atoms with Crippen LogP contribution < -0.4 is 5.32 Å². The van der Waals surface area contributed by atoms with Crippen molar-refractivity contribution in [2.24, 2.45) is 0 Å². The van der Waals surface area contributed by atoms with E-state index in [1.54, 1.807) is 36.4 Å². The third kappa shape index (κ3) is 7.54. The molecule has 3 aromatic carbocycles. The SMILES string of the molecule is CCCc1ccc(C(=O)O)c(S(=O)(=O)c2ccc(C[C@@H](C)NC[C@H](O)c3cccc(Cl)c3)cc2)c1.Cl. The maximum atomic E-state index is 13.3. The van der Waals surface area contributed by atoms with Crippen molar-refractivity contribution >= 4 is 39.8 Å². The van der Waals surface area contributed by atoms with Crippen molar-refractivity contribution in [3.63, 3.8) is 0 Å². The van der Waals surface area contributed by atoms with Gasteiger partial charge in [-0.25, -0.2) is 13.2 Å². The first-order valence-corrected chi connectivity index (χ1v) is 13.3. The number of carboxylic acid groups (broad SMARTS) is 1. The zero-order chi connectivity index (χ0) is 25.6. The maximum absolute atomic E-state index is 13.3. The molecule has 6 nitrogen and oxygen atoms in total. The van der Waals surface area contributed by atoms with Crippen molar-refractivity contribution in [3.05, 3.63) is 94.0 Å². The summed E-state index contributed by atoms with van der Waals surface area (Å²) >= 11 is 5.99. The summed E-state index contributed by atoms with van der Waals surface area (Å²) in [6.45, 7) is 4.31. The fourth-order valence-electron chi connectivity index (χ4n) is 3.91. The van der Waals surface area contributed by atoms with Crippen LogP contribution in [0.15, 0.2) is 76.5 Å². The van der Waals surface area contributed by atoms with Crippen LogP contribution in [-0.4, -0.2) is 37.2 Å². The van der Waals surface area contributed by atoms with Crippen LogP contribution >= 0.6 is 24.0 Å². The van der Waals surface area contributed by atoms with E-state index in [4.69, 9.17) is 11.6 Å². The van der Waals surface area contributed by atoms with Gasteiger partial charge in [-0.15, -0.1) is 12.4 Å². The van der Waals surface area contributed by atoms with E-state index in [2.05, 4.69) is 5.32 Å². The fourth-order valence-corrected chi connectivity index (χ4v) is 5.61. The molecule has 3 rings (SSSR count). The summed E-state index contributed by atoms with van der Waals surface area (Å²) in [4.78, 5) is 11.5. The average molecular weight is 553 g/mol. The van der Waals surface area contributed by atoms with Crippen molar-refractivity contribution < 1.29 is 23.4 Å². The fraction of sp³-hybridized carbons (Fsp3) is 0.296. The van der Waals surface area contributed by atoms with Crippen LogP contribution in [0.3, 0.4) is 0 Å². The molecule has 36 heavy (non-hydrogen) atoms. The molecule has 0 fully saturated rings. The van der Waals surface area contributed by atoms with Gasteiger partial charge in [0.25, 0.3) is 0 Å². The lowest BCUT2D eigenvalue weighted by atomic mass is 10.1. The Morgan fingerprint density at radius 1 is 1.03 bits per heavy atom. The van der Waals surface area contributed by atoms with Crippen LogP contribution in [-0.2, 0) is 22.7 Å². The highest BCUT2D eigenvalue weighted by molar-refractivity contribution is 7.91. The van der Waals surface area contributed by atoms with E-state index < -0.39 is 21.9 Å². The van der Waals surface area contributed by atoms with Gasteiger partial charge in [-0.3, -0.25) is 0 Å². The summed E-state index contributed by atoms with van der Waals surface area (Å²) in [7, 11) is -4.00. The van der Waals surface area contributed by atoms with E-state index in [0.29, 0.717) is 24.4 Å². The minimum Gasteiger partial charge on any atom is -0.478 e. The van der Waals surface area contributed by atoms with Gasteiger partial charge in [-0.2, -0.15) is 0 Å². The Morgan fingerprint density at radius 2 is 1.69 bits per heavy atom. The number of carboxylic acids is 1. The normalized spacial score (nSPS) is 13.0. The predicted octanol–water partition coefficient (Wildman–Crippen LogP) is 5.50. The summed E-state index contributed by atoms with van der Waals surface area (Å²) in [5.41, 5.74) is 2.20. The number of hydrogen-bond donors (Lipinski definition) is 3. The molecule has 0 aliphatic heterocycles. The molecule has 3 N–H and O–H groups in total. The van der Waals surface area contributed by atoms with Gasteiger partial charge in [0.15, 0.2) is 0 Å². The zero-order valence-electron chi connectivity index (χ0n) is 20.1. The Hall–Kier alpha value is -2.42. The van der Waals surface area contributed by atoms with Crippen molar-refractivity contribution in [2.75, 3.05) is 6.54 Å². The number of rotatable bonds is 11. The lowest BCUT2D eigenvalue weighted by molar-refractivity contribution is 0.0692. The number of hydrogen-bond acceptors (Lipinski definition) is 5. The highest BCUT2D eigenvalue weighted by atomic mass is 35.5. The van der Waals surface area contributed by atoms with E-state index in [0.717, 1.165) is 23.1 Å². The second-order valence-electron chi connectivity index (χ2n) is 8.62. The zero-order valence-corrected chi connectivity index (χ0v) is 22.5. The summed E-state index contributed by atoms with van der Waals surface area (Å²) in [5.74, 6) is -1.27. The molecule has 3 aromatic rings. The van der Waals surface area contributed by atoms with Gasteiger partial charge in [0.05, 0.1) is 21.5 Å². The number of aryl methyl sites for hydroxylation is 1. The third-order valence-corrected chi connectivity index (χ3v) is 7.82. The van der Waals surface area contributed by atoms with Crippen molar-refractivity contribution in [1.29, 1.82) is 0 Å². The lowest BCUT2D eigenvalue weighted by Crippen LogP contribution is -2.32. The molecule has 0 aromatic heterocycles. The Bertz CT molecular complexity index is 1280. The van der Waals surface area contributed by atoms with Crippen LogP contribution in [0.2, 0.25) is 5.02 Å². The Morgan fingerprint density at radius 3 is 2.31 bits per heavy atom. The Labute approximate surface area is 223 Å². The molecule has 0 spiro atoms. The van der Waals surface area contributed by atoms with Crippen molar-refractivity contribution in [3.8, 4) is 0 Å². The minimum atomic E-state index is -4.00. The molecular weight excluding hydrogens is 521 g/mol. The van der Waals surface area contributed by atoms with E-state index in [9.17, 15) is 23.4 Å².